The first kappa shape index (κ1) is 9.93. The van der Waals surface area contributed by atoms with E-state index in [-0.39, 0.29) is 0 Å². The van der Waals surface area contributed by atoms with Gasteiger partial charge in [0.2, 0.25) is 0 Å². The Morgan fingerprint density at radius 3 is 3.00 bits per heavy atom. The van der Waals surface area contributed by atoms with Crippen LogP contribution < -0.4 is 5.73 Å². The Hall–Kier alpha value is -1.61. The lowest BCUT2D eigenvalue weighted by Gasteiger charge is -2.07. The van der Waals surface area contributed by atoms with E-state index in [1.54, 1.807) is 0 Å². The summed E-state index contributed by atoms with van der Waals surface area (Å²) >= 11 is 0. The Morgan fingerprint density at radius 1 is 1.40 bits per heavy atom. The SMILES string of the molecule is Cc1cncc(Cn2cccc2CN)c1. The van der Waals surface area contributed by atoms with Crippen LogP contribution in [0.15, 0.2) is 36.8 Å². The fourth-order valence-corrected chi connectivity index (χ4v) is 1.69. The highest BCUT2D eigenvalue weighted by Gasteiger charge is 2.00. The molecular weight excluding hydrogens is 186 g/mol. The van der Waals surface area contributed by atoms with E-state index in [1.807, 2.05) is 30.7 Å². The van der Waals surface area contributed by atoms with Crippen molar-refractivity contribution in [1.82, 2.24) is 9.55 Å². The summed E-state index contributed by atoms with van der Waals surface area (Å²) in [6, 6.07) is 6.21. The Balaban J connectivity index is 2.22. The smallest absolute Gasteiger partial charge is 0.0488 e. The monoisotopic (exact) mass is 201 g/mol. The first-order chi connectivity index (χ1) is 7.29. The van der Waals surface area contributed by atoms with Gasteiger partial charge < -0.3 is 10.3 Å². The molecule has 2 heterocycles. The summed E-state index contributed by atoms with van der Waals surface area (Å²) in [5, 5.41) is 0. The Morgan fingerprint density at radius 2 is 2.27 bits per heavy atom. The van der Waals surface area contributed by atoms with E-state index in [2.05, 4.69) is 22.5 Å². The second kappa shape index (κ2) is 4.28. The van der Waals surface area contributed by atoms with Gasteiger partial charge in [-0.3, -0.25) is 4.98 Å². The summed E-state index contributed by atoms with van der Waals surface area (Å²) in [6.45, 7) is 3.47. The van der Waals surface area contributed by atoms with Gasteiger partial charge in [-0.25, -0.2) is 0 Å². The van der Waals surface area contributed by atoms with Gasteiger partial charge in [-0.1, -0.05) is 6.07 Å². The van der Waals surface area contributed by atoms with E-state index >= 15 is 0 Å². The molecule has 0 fully saturated rings. The van der Waals surface area contributed by atoms with Crippen molar-refractivity contribution in [1.29, 1.82) is 0 Å². The molecule has 2 rings (SSSR count). The number of aryl methyl sites for hydroxylation is 1. The van der Waals surface area contributed by atoms with Crippen LogP contribution in [0.25, 0.3) is 0 Å². The molecule has 3 heteroatoms. The lowest BCUT2D eigenvalue weighted by Crippen LogP contribution is -2.07. The largest absolute Gasteiger partial charge is 0.346 e. The molecule has 0 aliphatic carbocycles. The minimum Gasteiger partial charge on any atom is -0.346 e. The van der Waals surface area contributed by atoms with Crippen LogP contribution in [-0.2, 0) is 13.1 Å². The molecule has 2 aromatic rings. The van der Waals surface area contributed by atoms with E-state index < -0.39 is 0 Å². The van der Waals surface area contributed by atoms with Crippen LogP contribution in [0.5, 0.6) is 0 Å². The predicted molar refractivity (Wildman–Crippen MR) is 60.4 cm³/mol. The van der Waals surface area contributed by atoms with Gasteiger partial charge in [0.05, 0.1) is 0 Å². The first-order valence-electron chi connectivity index (χ1n) is 5.04. The maximum absolute atomic E-state index is 5.64. The Bertz CT molecular complexity index is 446. The fraction of sp³-hybridized carbons (Fsp3) is 0.250. The lowest BCUT2D eigenvalue weighted by molar-refractivity contribution is 0.740. The normalized spacial score (nSPS) is 10.5. The summed E-state index contributed by atoms with van der Waals surface area (Å²) in [5.74, 6) is 0. The van der Waals surface area contributed by atoms with Crippen molar-refractivity contribution < 1.29 is 0 Å². The van der Waals surface area contributed by atoms with E-state index in [0.717, 1.165) is 12.2 Å². The molecule has 0 saturated carbocycles. The Labute approximate surface area is 89.6 Å². The maximum Gasteiger partial charge on any atom is 0.0488 e. The van der Waals surface area contributed by atoms with E-state index in [4.69, 9.17) is 5.73 Å². The van der Waals surface area contributed by atoms with Gasteiger partial charge in [0.15, 0.2) is 0 Å². The third-order valence-electron chi connectivity index (χ3n) is 2.42. The Kier molecular flexibility index (Phi) is 2.83. The van der Waals surface area contributed by atoms with Gasteiger partial charge in [0.1, 0.15) is 0 Å². The maximum atomic E-state index is 5.64. The predicted octanol–water partition coefficient (Wildman–Crippen LogP) is 1.70. The van der Waals surface area contributed by atoms with E-state index in [9.17, 15) is 0 Å². The summed E-state index contributed by atoms with van der Waals surface area (Å²) < 4.78 is 2.15. The molecule has 0 aliphatic heterocycles. The first-order valence-corrected chi connectivity index (χ1v) is 5.04. The number of nitrogens with two attached hydrogens (primary N) is 1. The number of pyridine rings is 1. The third kappa shape index (κ3) is 2.25. The van der Waals surface area contributed by atoms with Crippen molar-refractivity contribution in [3.05, 3.63) is 53.6 Å². The van der Waals surface area contributed by atoms with Crippen molar-refractivity contribution >= 4 is 0 Å². The molecule has 0 aromatic carbocycles. The molecular formula is C12H15N3. The zero-order chi connectivity index (χ0) is 10.7. The van der Waals surface area contributed by atoms with Crippen molar-refractivity contribution in [3.8, 4) is 0 Å². The van der Waals surface area contributed by atoms with Crippen LogP contribution in [0.4, 0.5) is 0 Å². The van der Waals surface area contributed by atoms with E-state index in [0.29, 0.717) is 6.54 Å². The number of nitrogens with zero attached hydrogens (tertiary/aromatic N) is 2. The van der Waals surface area contributed by atoms with Crippen LogP contribution in [0.1, 0.15) is 16.8 Å². The number of aromatic nitrogens is 2. The van der Waals surface area contributed by atoms with Crippen LogP contribution in [0.2, 0.25) is 0 Å². The minimum atomic E-state index is 0.576. The second-order valence-electron chi connectivity index (χ2n) is 3.70. The van der Waals surface area contributed by atoms with Crippen LogP contribution in [0, 0.1) is 6.92 Å². The van der Waals surface area contributed by atoms with Crippen molar-refractivity contribution in [3.63, 3.8) is 0 Å². The molecule has 0 unspecified atom stereocenters. The number of hydrogen-bond acceptors (Lipinski definition) is 2. The van der Waals surface area contributed by atoms with Gasteiger partial charge in [-0.05, 0) is 30.2 Å². The highest BCUT2D eigenvalue weighted by molar-refractivity contribution is 5.18. The highest BCUT2D eigenvalue weighted by atomic mass is 15.0. The van der Waals surface area contributed by atoms with Crippen LogP contribution in [-0.4, -0.2) is 9.55 Å². The van der Waals surface area contributed by atoms with Crippen molar-refractivity contribution in [2.45, 2.75) is 20.0 Å². The standard InChI is InChI=1S/C12H15N3/c1-10-5-11(8-14-7-10)9-15-4-2-3-12(15)6-13/h2-5,7-8H,6,9,13H2,1H3. The molecule has 3 nitrogen and oxygen atoms in total. The average molecular weight is 201 g/mol. The average Bonchev–Trinajstić information content (AvgIpc) is 2.65. The third-order valence-corrected chi connectivity index (χ3v) is 2.42. The molecule has 0 radical (unpaired) electrons. The molecule has 2 N–H and O–H groups in total. The van der Waals surface area contributed by atoms with Crippen LogP contribution in [0.3, 0.4) is 0 Å². The summed E-state index contributed by atoms with van der Waals surface area (Å²) in [5.41, 5.74) is 9.19. The molecule has 0 atom stereocenters. The van der Waals surface area contributed by atoms with Crippen LogP contribution >= 0.6 is 0 Å². The summed E-state index contributed by atoms with van der Waals surface area (Å²) in [4.78, 5) is 4.18. The topological polar surface area (TPSA) is 43.8 Å². The molecule has 78 valence electrons. The van der Waals surface area contributed by atoms with Gasteiger partial charge in [-0.15, -0.1) is 0 Å². The van der Waals surface area contributed by atoms with Crippen molar-refractivity contribution in [2.24, 2.45) is 5.73 Å². The summed E-state index contributed by atoms with van der Waals surface area (Å²) in [6.07, 6.45) is 5.81. The second-order valence-corrected chi connectivity index (χ2v) is 3.70. The van der Waals surface area contributed by atoms with E-state index in [1.165, 1.54) is 11.1 Å². The molecule has 0 bridgehead atoms. The fourth-order valence-electron chi connectivity index (χ4n) is 1.69. The van der Waals surface area contributed by atoms with Gasteiger partial charge in [-0.2, -0.15) is 0 Å². The highest BCUT2D eigenvalue weighted by Crippen LogP contribution is 2.07. The zero-order valence-corrected chi connectivity index (χ0v) is 8.85. The molecule has 2 aromatic heterocycles. The molecule has 0 amide bonds. The lowest BCUT2D eigenvalue weighted by atomic mass is 10.2. The van der Waals surface area contributed by atoms with Gasteiger partial charge >= 0.3 is 0 Å². The number of hydrogen-bond donors (Lipinski definition) is 1. The molecule has 15 heavy (non-hydrogen) atoms. The van der Waals surface area contributed by atoms with Gasteiger partial charge in [0, 0.05) is 37.4 Å². The van der Waals surface area contributed by atoms with Gasteiger partial charge in [0.25, 0.3) is 0 Å². The quantitative estimate of drug-likeness (QED) is 0.821. The molecule has 0 spiro atoms. The summed E-state index contributed by atoms with van der Waals surface area (Å²) in [7, 11) is 0. The molecule has 0 aliphatic rings. The van der Waals surface area contributed by atoms with Crippen molar-refractivity contribution in [2.75, 3.05) is 0 Å². The molecule has 0 saturated heterocycles. The minimum absolute atomic E-state index is 0.576. The number of rotatable bonds is 3. The zero-order valence-electron chi connectivity index (χ0n) is 8.85.